The van der Waals surface area contributed by atoms with Crippen molar-refractivity contribution in [2.24, 2.45) is 0 Å². The molecule has 142 valence electrons. The van der Waals surface area contributed by atoms with Crippen LogP contribution < -0.4 is 18.9 Å². The Morgan fingerprint density at radius 1 is 0.704 bits per heavy atom. The monoisotopic (exact) mass is 370 g/mol. The Labute approximate surface area is 158 Å². The van der Waals surface area contributed by atoms with Gasteiger partial charge in [0, 0.05) is 26.0 Å². The molecule has 2 aromatic carbocycles. The summed E-state index contributed by atoms with van der Waals surface area (Å²) in [4.78, 5) is 22.7. The van der Waals surface area contributed by atoms with Gasteiger partial charge in [0.2, 0.25) is 0 Å². The molecule has 0 N–H and O–H groups in total. The van der Waals surface area contributed by atoms with E-state index in [1.165, 1.54) is 19.9 Å². The van der Waals surface area contributed by atoms with Gasteiger partial charge in [0.25, 0.3) is 0 Å². The van der Waals surface area contributed by atoms with Crippen molar-refractivity contribution < 1.29 is 28.5 Å². The molecule has 0 heterocycles. The summed E-state index contributed by atoms with van der Waals surface area (Å²) >= 11 is 0. The van der Waals surface area contributed by atoms with Crippen LogP contribution in [0.15, 0.2) is 42.5 Å². The van der Waals surface area contributed by atoms with Gasteiger partial charge in [0.1, 0.15) is 23.0 Å². The molecule has 0 radical (unpaired) electrons. The fourth-order valence-corrected chi connectivity index (χ4v) is 2.64. The van der Waals surface area contributed by atoms with Gasteiger partial charge in [-0.05, 0) is 47.9 Å². The number of ether oxygens (including phenoxy) is 4. The Morgan fingerprint density at radius 2 is 1.07 bits per heavy atom. The van der Waals surface area contributed by atoms with E-state index in [1.54, 1.807) is 32.4 Å². The average Bonchev–Trinajstić information content (AvgIpc) is 2.60. The van der Waals surface area contributed by atoms with Gasteiger partial charge in [-0.1, -0.05) is 6.08 Å². The van der Waals surface area contributed by atoms with Crippen molar-refractivity contribution in [3.63, 3.8) is 0 Å². The van der Waals surface area contributed by atoms with Gasteiger partial charge >= 0.3 is 11.9 Å². The predicted molar refractivity (Wildman–Crippen MR) is 101 cm³/mol. The summed E-state index contributed by atoms with van der Waals surface area (Å²) in [5.41, 5.74) is 2.37. The molecule has 0 spiro atoms. The molecule has 0 unspecified atom stereocenters. The molecule has 0 aromatic heterocycles. The van der Waals surface area contributed by atoms with E-state index in [0.717, 1.165) is 11.1 Å². The fourth-order valence-electron chi connectivity index (χ4n) is 2.64. The van der Waals surface area contributed by atoms with Crippen LogP contribution >= 0.6 is 0 Å². The summed E-state index contributed by atoms with van der Waals surface area (Å²) in [7, 11) is 3.15. The van der Waals surface area contributed by atoms with E-state index >= 15 is 0 Å². The molecule has 0 aliphatic carbocycles. The Hall–Kier alpha value is -3.28. The number of hydrogen-bond donors (Lipinski definition) is 0. The second-order valence-corrected chi connectivity index (χ2v) is 5.68. The highest BCUT2D eigenvalue weighted by atomic mass is 16.5. The summed E-state index contributed by atoms with van der Waals surface area (Å²) in [6.45, 7) is 4.49. The Balaban J connectivity index is 2.58. The lowest BCUT2D eigenvalue weighted by atomic mass is 9.96. The predicted octanol–water partition coefficient (Wildman–Crippen LogP) is 4.01. The molecular formula is C21H22O6. The maximum atomic E-state index is 11.4. The molecule has 0 aliphatic heterocycles. The first-order chi connectivity index (χ1) is 12.9. The summed E-state index contributed by atoms with van der Waals surface area (Å²) in [6, 6.07) is 10.4. The fraction of sp³-hybridized carbons (Fsp3) is 0.238. The zero-order valence-electron chi connectivity index (χ0n) is 16.0. The van der Waals surface area contributed by atoms with E-state index in [4.69, 9.17) is 18.9 Å². The average molecular weight is 370 g/mol. The van der Waals surface area contributed by atoms with Crippen LogP contribution in [0.2, 0.25) is 0 Å². The second-order valence-electron chi connectivity index (χ2n) is 5.68. The van der Waals surface area contributed by atoms with Crippen LogP contribution in [0.25, 0.3) is 5.57 Å². The van der Waals surface area contributed by atoms with Gasteiger partial charge in [-0.15, -0.1) is 0 Å². The zero-order valence-corrected chi connectivity index (χ0v) is 16.0. The highest BCUT2D eigenvalue weighted by molar-refractivity contribution is 5.83. The summed E-state index contributed by atoms with van der Waals surface area (Å²) in [5, 5.41) is 0. The molecule has 0 saturated heterocycles. The molecule has 0 atom stereocenters. The first-order valence-corrected chi connectivity index (χ1v) is 8.28. The molecule has 2 aromatic rings. The second kappa shape index (κ2) is 8.89. The normalized spacial score (nSPS) is 10.9. The van der Waals surface area contributed by atoms with Crippen LogP contribution in [-0.2, 0) is 9.59 Å². The standard InChI is InChI=1S/C21H22O6/c1-6-21(15-7-17(24-4)11-18(8-15)25-5)16-9-19(26-13(2)22)12-20(10-16)27-14(3)23/h6-12H,1-5H3/b21-6+. The van der Waals surface area contributed by atoms with Crippen molar-refractivity contribution in [2.45, 2.75) is 20.8 Å². The summed E-state index contributed by atoms with van der Waals surface area (Å²) in [6.07, 6.45) is 1.90. The van der Waals surface area contributed by atoms with Crippen molar-refractivity contribution >= 4 is 17.5 Å². The van der Waals surface area contributed by atoms with Crippen LogP contribution in [0.4, 0.5) is 0 Å². The van der Waals surface area contributed by atoms with Crippen molar-refractivity contribution in [1.29, 1.82) is 0 Å². The molecule has 0 bridgehead atoms. The van der Waals surface area contributed by atoms with Crippen LogP contribution in [-0.4, -0.2) is 26.2 Å². The molecular weight excluding hydrogens is 348 g/mol. The van der Waals surface area contributed by atoms with Crippen molar-refractivity contribution in [1.82, 2.24) is 0 Å². The topological polar surface area (TPSA) is 71.1 Å². The van der Waals surface area contributed by atoms with E-state index < -0.39 is 11.9 Å². The van der Waals surface area contributed by atoms with Gasteiger partial charge in [-0.2, -0.15) is 0 Å². The maximum Gasteiger partial charge on any atom is 0.308 e. The van der Waals surface area contributed by atoms with E-state index in [1.807, 2.05) is 25.1 Å². The first kappa shape index (κ1) is 20.0. The van der Waals surface area contributed by atoms with Crippen molar-refractivity contribution in [2.75, 3.05) is 14.2 Å². The lowest BCUT2D eigenvalue weighted by Crippen LogP contribution is -2.05. The SMILES string of the molecule is C/C=C(\c1cc(OC)cc(OC)c1)c1cc(OC(C)=O)cc(OC(C)=O)c1. The molecule has 0 saturated carbocycles. The number of carbonyl (C=O) groups excluding carboxylic acids is 2. The Bertz CT molecular complexity index is 826. The summed E-state index contributed by atoms with van der Waals surface area (Å²) < 4.78 is 21.1. The quantitative estimate of drug-likeness (QED) is 0.565. The lowest BCUT2D eigenvalue weighted by Gasteiger charge is -2.14. The number of esters is 2. The lowest BCUT2D eigenvalue weighted by molar-refractivity contribution is -0.132. The number of benzene rings is 2. The minimum atomic E-state index is -0.467. The van der Waals surface area contributed by atoms with Gasteiger partial charge in [0.05, 0.1) is 14.2 Å². The minimum absolute atomic E-state index is 0.283. The molecule has 0 amide bonds. The Kier molecular flexibility index (Phi) is 6.60. The largest absolute Gasteiger partial charge is 0.497 e. The van der Waals surface area contributed by atoms with Crippen LogP contribution in [0, 0.1) is 0 Å². The third-order valence-electron chi connectivity index (χ3n) is 3.67. The number of rotatable bonds is 6. The molecule has 6 nitrogen and oxygen atoms in total. The van der Waals surface area contributed by atoms with Crippen molar-refractivity contribution in [3.8, 4) is 23.0 Å². The van der Waals surface area contributed by atoms with Crippen LogP contribution in [0.5, 0.6) is 23.0 Å². The van der Waals surface area contributed by atoms with Crippen LogP contribution in [0.1, 0.15) is 31.9 Å². The summed E-state index contributed by atoms with van der Waals surface area (Å²) in [5.74, 6) is 0.910. The number of carbonyl (C=O) groups is 2. The molecule has 2 rings (SSSR count). The van der Waals surface area contributed by atoms with Crippen molar-refractivity contribution in [3.05, 3.63) is 53.6 Å². The zero-order chi connectivity index (χ0) is 20.0. The third kappa shape index (κ3) is 5.34. The smallest absolute Gasteiger partial charge is 0.308 e. The van der Waals surface area contributed by atoms with Gasteiger partial charge in [-0.3, -0.25) is 9.59 Å². The number of methoxy groups -OCH3 is 2. The third-order valence-corrected chi connectivity index (χ3v) is 3.67. The minimum Gasteiger partial charge on any atom is -0.497 e. The van der Waals surface area contributed by atoms with E-state index in [-0.39, 0.29) is 11.5 Å². The van der Waals surface area contributed by atoms with Gasteiger partial charge in [-0.25, -0.2) is 0 Å². The molecule has 6 heteroatoms. The van der Waals surface area contributed by atoms with E-state index in [9.17, 15) is 9.59 Å². The Morgan fingerprint density at radius 3 is 1.41 bits per heavy atom. The molecule has 27 heavy (non-hydrogen) atoms. The maximum absolute atomic E-state index is 11.4. The molecule has 0 aliphatic rings. The number of allylic oxidation sites excluding steroid dienone is 1. The van der Waals surface area contributed by atoms with Gasteiger partial charge in [0.15, 0.2) is 0 Å². The van der Waals surface area contributed by atoms with Crippen LogP contribution in [0.3, 0.4) is 0 Å². The van der Waals surface area contributed by atoms with E-state index in [2.05, 4.69) is 0 Å². The molecule has 0 fully saturated rings. The first-order valence-electron chi connectivity index (χ1n) is 8.28. The highest BCUT2D eigenvalue weighted by Gasteiger charge is 2.13. The van der Waals surface area contributed by atoms with Gasteiger partial charge < -0.3 is 18.9 Å². The van der Waals surface area contributed by atoms with E-state index in [0.29, 0.717) is 17.1 Å². The highest BCUT2D eigenvalue weighted by Crippen LogP contribution is 2.34. The number of hydrogen-bond acceptors (Lipinski definition) is 6.